The van der Waals surface area contributed by atoms with Crippen LogP contribution in [0.25, 0.3) is 66.1 Å². The summed E-state index contributed by atoms with van der Waals surface area (Å²) in [6.45, 7) is 0. The van der Waals surface area contributed by atoms with Gasteiger partial charge in [0.15, 0.2) is 16.1 Å². The van der Waals surface area contributed by atoms with E-state index in [-0.39, 0.29) is 0 Å². The van der Waals surface area contributed by atoms with Crippen molar-refractivity contribution < 1.29 is 0 Å². The van der Waals surface area contributed by atoms with E-state index in [4.69, 9.17) is 0 Å². The number of hydrogen-bond acceptors (Lipinski definition) is 0. The van der Waals surface area contributed by atoms with Crippen molar-refractivity contribution in [3.8, 4) is 22.5 Å². The van der Waals surface area contributed by atoms with E-state index in [9.17, 15) is 0 Å². The Balaban J connectivity index is 1.11. The third kappa shape index (κ3) is 7.14. The zero-order chi connectivity index (χ0) is 50.5. The Bertz CT molecular complexity index is 4170. The standard InChI is InChI=1S/C72H52N2Si2/c1-8-26-53(27-9-1)54-28-24-29-55(50-54)73-68-49-46-56(51-66(68)72-69(73)44-25-45-71(72)76(60-36-16-5-17-37-60,61-38-18-6-19-39-61)62-40-20-7-21-41-62)74-67-43-23-22-42-64(67)65-48-47-63(52-70(65)74)75(57-30-10-2-11-31-57,58-32-12-3-13-33-58)59-34-14-4-15-35-59/h1-52H. The predicted octanol–water partition coefficient (Wildman–Crippen LogP) is 12.3. The lowest BCUT2D eigenvalue weighted by Crippen LogP contribution is -2.74. The van der Waals surface area contributed by atoms with Crippen LogP contribution in [0.5, 0.6) is 0 Å². The fourth-order valence-corrected chi connectivity index (χ4v) is 22.6. The van der Waals surface area contributed by atoms with Crippen LogP contribution in [0, 0.1) is 0 Å². The fourth-order valence-electron chi connectivity index (χ4n) is 12.8. The van der Waals surface area contributed by atoms with Gasteiger partial charge in [0.1, 0.15) is 0 Å². The molecule has 0 fully saturated rings. The summed E-state index contributed by atoms with van der Waals surface area (Å²) in [7, 11) is -5.92. The van der Waals surface area contributed by atoms with Gasteiger partial charge in [0.05, 0.1) is 22.1 Å². The number of aromatic nitrogens is 2. The summed E-state index contributed by atoms with van der Waals surface area (Å²) in [4.78, 5) is 0. The smallest absolute Gasteiger partial charge is 0.180 e. The lowest BCUT2D eigenvalue weighted by atomic mass is 10.1. The molecule has 0 atom stereocenters. The van der Waals surface area contributed by atoms with E-state index < -0.39 is 16.1 Å². The highest BCUT2D eigenvalue weighted by Crippen LogP contribution is 2.38. The molecule has 4 heteroatoms. The van der Waals surface area contributed by atoms with Crippen molar-refractivity contribution in [1.29, 1.82) is 0 Å². The third-order valence-corrected chi connectivity index (χ3v) is 25.6. The largest absolute Gasteiger partial charge is 0.309 e. The van der Waals surface area contributed by atoms with Gasteiger partial charge < -0.3 is 9.13 Å². The summed E-state index contributed by atoms with van der Waals surface area (Å²) in [5.74, 6) is 0. The van der Waals surface area contributed by atoms with Crippen LogP contribution in [0.2, 0.25) is 0 Å². The minimum Gasteiger partial charge on any atom is -0.309 e. The molecule has 0 spiro atoms. The first-order chi connectivity index (χ1) is 37.7. The maximum atomic E-state index is 2.55. The highest BCUT2D eigenvalue weighted by molar-refractivity contribution is 7.21. The number of benzene rings is 12. The highest BCUT2D eigenvalue weighted by atomic mass is 28.3. The normalized spacial score (nSPS) is 11.9. The molecule has 2 nitrogen and oxygen atoms in total. The van der Waals surface area contributed by atoms with E-state index in [1.807, 2.05) is 0 Å². The van der Waals surface area contributed by atoms with E-state index in [0.717, 1.165) is 11.4 Å². The Labute approximate surface area is 445 Å². The summed E-state index contributed by atoms with van der Waals surface area (Å²) in [5.41, 5.74) is 9.36. The molecular weight excluding hydrogens is 949 g/mol. The second-order valence-corrected chi connectivity index (χ2v) is 27.5. The number of hydrogen-bond donors (Lipinski definition) is 0. The summed E-state index contributed by atoms with van der Waals surface area (Å²) < 4.78 is 5.07. The molecule has 0 aliphatic heterocycles. The number of nitrogens with zero attached hydrogens (tertiary/aromatic N) is 2. The molecule has 0 amide bonds. The first kappa shape index (κ1) is 45.3. The summed E-state index contributed by atoms with van der Waals surface area (Å²) >= 11 is 0. The Morgan fingerprint density at radius 2 is 0.618 bits per heavy atom. The van der Waals surface area contributed by atoms with E-state index in [0.29, 0.717) is 0 Å². The molecule has 0 N–H and O–H groups in total. The first-order valence-corrected chi connectivity index (χ1v) is 30.3. The van der Waals surface area contributed by atoms with Crippen LogP contribution in [-0.4, -0.2) is 25.3 Å². The molecule has 0 unspecified atom stereocenters. The molecule has 0 aliphatic carbocycles. The lowest BCUT2D eigenvalue weighted by Gasteiger charge is -2.35. The summed E-state index contributed by atoms with van der Waals surface area (Å²) in [5, 5.41) is 15.8. The molecule has 12 aromatic carbocycles. The molecular formula is C72H52N2Si2. The quantitative estimate of drug-likeness (QED) is 0.0903. The molecule has 358 valence electrons. The average molecular weight is 1000 g/mol. The van der Waals surface area contributed by atoms with Gasteiger partial charge in [0, 0.05) is 32.9 Å². The molecule has 0 bridgehead atoms. The number of para-hydroxylation sites is 1. The van der Waals surface area contributed by atoms with Crippen LogP contribution in [0.3, 0.4) is 0 Å². The van der Waals surface area contributed by atoms with Crippen LogP contribution >= 0.6 is 0 Å². The number of rotatable bonds is 11. The minimum absolute atomic E-state index is 1.13. The third-order valence-electron chi connectivity index (χ3n) is 16.0. The van der Waals surface area contributed by atoms with Gasteiger partial charge in [0.2, 0.25) is 0 Å². The van der Waals surface area contributed by atoms with E-state index in [1.54, 1.807) is 0 Å². The van der Waals surface area contributed by atoms with Crippen molar-refractivity contribution in [2.24, 2.45) is 0 Å². The van der Waals surface area contributed by atoms with Crippen LogP contribution in [0.1, 0.15) is 0 Å². The van der Waals surface area contributed by atoms with Crippen molar-refractivity contribution in [1.82, 2.24) is 9.13 Å². The minimum atomic E-state index is -3.04. The van der Waals surface area contributed by atoms with E-state index in [2.05, 4.69) is 325 Å². The SMILES string of the molecule is c1ccc(-c2cccc(-n3c4ccc(-n5c6ccccc6c6ccc([Si](c7ccccc7)(c7ccccc7)c7ccccc7)cc65)cc4c4c([Si](c5ccccc5)(c5ccccc5)c5ccccc5)cccc43)c2)cc1. The average Bonchev–Trinajstić information content (AvgIpc) is 4.19. The highest BCUT2D eigenvalue weighted by Gasteiger charge is 2.44. The van der Waals surface area contributed by atoms with Gasteiger partial charge in [-0.15, -0.1) is 0 Å². The summed E-state index contributed by atoms with van der Waals surface area (Å²) in [6.07, 6.45) is 0. The fraction of sp³-hybridized carbons (Fsp3) is 0. The van der Waals surface area contributed by atoms with Gasteiger partial charge in [0.25, 0.3) is 0 Å². The van der Waals surface area contributed by atoms with Crippen molar-refractivity contribution in [2.45, 2.75) is 0 Å². The van der Waals surface area contributed by atoms with Gasteiger partial charge >= 0.3 is 0 Å². The Morgan fingerprint density at radius 3 is 1.17 bits per heavy atom. The molecule has 14 rings (SSSR count). The van der Waals surface area contributed by atoms with Crippen molar-refractivity contribution in [2.75, 3.05) is 0 Å². The van der Waals surface area contributed by atoms with Crippen molar-refractivity contribution >= 4 is 101 Å². The van der Waals surface area contributed by atoms with Gasteiger partial charge in [-0.25, -0.2) is 0 Å². The molecule has 76 heavy (non-hydrogen) atoms. The Morgan fingerprint density at radius 1 is 0.211 bits per heavy atom. The van der Waals surface area contributed by atoms with Crippen LogP contribution in [0.4, 0.5) is 0 Å². The predicted molar refractivity (Wildman–Crippen MR) is 328 cm³/mol. The zero-order valence-electron chi connectivity index (χ0n) is 41.9. The molecule has 0 saturated heterocycles. The topological polar surface area (TPSA) is 9.86 Å². The maximum absolute atomic E-state index is 3.04. The van der Waals surface area contributed by atoms with Gasteiger partial charge in [-0.1, -0.05) is 267 Å². The van der Waals surface area contributed by atoms with Crippen LogP contribution < -0.4 is 41.5 Å². The second-order valence-electron chi connectivity index (χ2n) is 19.9. The first-order valence-electron chi connectivity index (χ1n) is 26.3. The van der Waals surface area contributed by atoms with E-state index >= 15 is 0 Å². The molecule has 14 aromatic rings. The Kier molecular flexibility index (Phi) is 11.2. The lowest BCUT2D eigenvalue weighted by molar-refractivity contribution is 1.17. The second kappa shape index (κ2) is 18.9. The molecule has 0 aliphatic rings. The van der Waals surface area contributed by atoms with E-state index in [1.165, 1.54) is 96.2 Å². The Hall–Kier alpha value is -9.33. The van der Waals surface area contributed by atoms with Gasteiger partial charge in [-0.3, -0.25) is 0 Å². The van der Waals surface area contributed by atoms with Gasteiger partial charge in [-0.2, -0.15) is 0 Å². The van der Waals surface area contributed by atoms with Gasteiger partial charge in [-0.05, 0) is 101 Å². The molecule has 0 radical (unpaired) electrons. The maximum Gasteiger partial charge on any atom is 0.180 e. The molecule has 0 saturated carbocycles. The van der Waals surface area contributed by atoms with Crippen LogP contribution in [0.15, 0.2) is 315 Å². The molecule has 2 aromatic heterocycles. The van der Waals surface area contributed by atoms with Crippen molar-refractivity contribution in [3.05, 3.63) is 315 Å². The van der Waals surface area contributed by atoms with Crippen molar-refractivity contribution in [3.63, 3.8) is 0 Å². The monoisotopic (exact) mass is 1000 g/mol. The summed E-state index contributed by atoms with van der Waals surface area (Å²) in [6, 6.07) is 118. The number of fused-ring (bicyclic) bond motifs is 6. The van der Waals surface area contributed by atoms with Crippen LogP contribution in [-0.2, 0) is 0 Å². The molecule has 2 heterocycles. The zero-order valence-corrected chi connectivity index (χ0v) is 43.9.